The fraction of sp³-hybridized carbons (Fsp3) is 0.565. The molecule has 1 amide bonds. The first-order valence-corrected chi connectivity index (χ1v) is 11.4. The van der Waals surface area contributed by atoms with Gasteiger partial charge in [-0.2, -0.15) is 5.10 Å². The Hall–Kier alpha value is -2.16. The molecule has 0 radical (unpaired) electrons. The summed E-state index contributed by atoms with van der Waals surface area (Å²) in [7, 11) is 1.71. The van der Waals surface area contributed by atoms with Crippen molar-refractivity contribution in [2.45, 2.75) is 57.2 Å². The second kappa shape index (κ2) is 8.65. The van der Waals surface area contributed by atoms with Gasteiger partial charge in [-0.05, 0) is 69.6 Å². The van der Waals surface area contributed by atoms with Gasteiger partial charge in [0.25, 0.3) is 5.91 Å². The van der Waals surface area contributed by atoms with Crippen molar-refractivity contribution in [2.24, 2.45) is 18.9 Å². The Bertz CT molecular complexity index is 1010. The molecule has 2 atom stereocenters. The van der Waals surface area contributed by atoms with Crippen LogP contribution in [0.2, 0.25) is 5.02 Å². The Morgan fingerprint density at radius 3 is 2.66 bits per heavy atom. The maximum absolute atomic E-state index is 13.4. The summed E-state index contributed by atoms with van der Waals surface area (Å²) in [6.07, 6.45) is 3.15. The number of halogens is 2. The lowest BCUT2D eigenvalue weighted by Crippen LogP contribution is -2.33. The van der Waals surface area contributed by atoms with E-state index in [0.29, 0.717) is 48.2 Å². The maximum atomic E-state index is 13.4. The highest BCUT2D eigenvalue weighted by molar-refractivity contribution is 6.31. The van der Waals surface area contributed by atoms with Crippen LogP contribution in [0.4, 0.5) is 15.9 Å². The summed E-state index contributed by atoms with van der Waals surface area (Å²) in [5.74, 6) is 0.132. The number of benzene rings is 1. The monoisotopic (exact) mass is 464 g/mol. The van der Waals surface area contributed by atoms with E-state index < -0.39 is 17.3 Å². The number of rotatable bonds is 6. The molecule has 174 valence electrons. The lowest BCUT2D eigenvalue weighted by atomic mass is 9.92. The number of carbonyl (C=O) groups excluding carboxylic acids is 1. The zero-order chi connectivity index (χ0) is 23.2. The molecule has 9 heteroatoms. The van der Waals surface area contributed by atoms with Gasteiger partial charge in [-0.3, -0.25) is 9.48 Å². The van der Waals surface area contributed by atoms with Crippen LogP contribution in [-0.4, -0.2) is 39.1 Å². The van der Waals surface area contributed by atoms with E-state index >= 15 is 0 Å². The zero-order valence-corrected chi connectivity index (χ0v) is 19.3. The second-order valence-corrected chi connectivity index (χ2v) is 9.94. The van der Waals surface area contributed by atoms with Gasteiger partial charge in [-0.1, -0.05) is 11.6 Å². The number of nitrogens with two attached hydrogens (primary N) is 1. The highest BCUT2D eigenvalue weighted by Crippen LogP contribution is 2.54. The number of hydrogen-bond donors (Lipinski definition) is 3. The molecule has 0 saturated heterocycles. The Morgan fingerprint density at radius 1 is 1.41 bits per heavy atom. The number of ether oxygens (including phenoxy) is 1. The van der Waals surface area contributed by atoms with Gasteiger partial charge in [-0.15, -0.1) is 0 Å². The highest BCUT2D eigenvalue weighted by atomic mass is 35.5. The molecular formula is C23H30ClFN4O3. The lowest BCUT2D eigenvalue weighted by molar-refractivity contribution is -0.0648. The number of fused-ring (bicyclic) bond motifs is 1. The first-order chi connectivity index (χ1) is 15.1. The topological polar surface area (TPSA) is 102 Å². The molecule has 2 aliphatic rings. The lowest BCUT2D eigenvalue weighted by Gasteiger charge is -2.25. The molecule has 2 aliphatic carbocycles. The number of hydrogen-bond acceptors (Lipinski definition) is 5. The van der Waals surface area contributed by atoms with Crippen molar-refractivity contribution in [3.8, 4) is 0 Å². The van der Waals surface area contributed by atoms with Crippen molar-refractivity contribution in [3.63, 3.8) is 0 Å². The van der Waals surface area contributed by atoms with Gasteiger partial charge < -0.3 is 20.9 Å². The maximum Gasteiger partial charge on any atom is 0.261 e. The molecule has 0 bridgehead atoms. The van der Waals surface area contributed by atoms with Gasteiger partial charge in [0, 0.05) is 18.7 Å². The number of aryl methyl sites for hydroxylation is 1. The minimum atomic E-state index is -0.782. The van der Waals surface area contributed by atoms with Crippen molar-refractivity contribution in [3.05, 3.63) is 40.3 Å². The van der Waals surface area contributed by atoms with E-state index in [0.717, 1.165) is 12.8 Å². The molecule has 0 aliphatic heterocycles. The van der Waals surface area contributed by atoms with Crippen molar-refractivity contribution < 1.29 is 19.0 Å². The molecule has 32 heavy (non-hydrogen) atoms. The third kappa shape index (κ3) is 4.49. The molecule has 2 aromatic rings. The molecule has 1 aromatic heterocycles. The summed E-state index contributed by atoms with van der Waals surface area (Å²) < 4.78 is 20.6. The van der Waals surface area contributed by atoms with E-state index in [-0.39, 0.29) is 22.9 Å². The summed E-state index contributed by atoms with van der Waals surface area (Å²) >= 11 is 5.83. The van der Waals surface area contributed by atoms with Crippen molar-refractivity contribution in [2.75, 3.05) is 17.7 Å². The first-order valence-electron chi connectivity index (χ1n) is 11.0. The van der Waals surface area contributed by atoms with Crippen LogP contribution in [0.5, 0.6) is 0 Å². The number of anilines is 2. The fourth-order valence-corrected chi connectivity index (χ4v) is 5.46. The number of aliphatic hydroxyl groups is 1. The standard InChI is InChI=1S/C23H30ClFN4O3/c1-12(2)32-11-23(31)9-14-6-13(7-15(14)10-23)20-19(21(26)29(3)28-20)22(30)27-16-4-5-18(25)17(24)8-16/h4-5,8,12-15,31H,6-7,9-11,26H2,1-3H3,(H,27,30). The molecule has 2 unspecified atom stereocenters. The highest BCUT2D eigenvalue weighted by Gasteiger charge is 2.50. The summed E-state index contributed by atoms with van der Waals surface area (Å²) in [5.41, 5.74) is 6.82. The molecule has 4 N–H and O–H groups in total. The Kier molecular flexibility index (Phi) is 6.22. The van der Waals surface area contributed by atoms with Gasteiger partial charge in [-0.25, -0.2) is 4.39 Å². The number of aromatic nitrogens is 2. The first kappa shape index (κ1) is 23.0. The van der Waals surface area contributed by atoms with Crippen LogP contribution in [0.3, 0.4) is 0 Å². The number of carbonyl (C=O) groups is 1. The van der Waals surface area contributed by atoms with Gasteiger partial charge in [0.2, 0.25) is 0 Å². The van der Waals surface area contributed by atoms with E-state index in [1.807, 2.05) is 13.8 Å². The Balaban J connectivity index is 1.50. The number of nitrogens with one attached hydrogen (secondary N) is 1. The average molecular weight is 465 g/mol. The number of nitrogens with zero attached hydrogens (tertiary/aromatic N) is 2. The smallest absolute Gasteiger partial charge is 0.261 e. The van der Waals surface area contributed by atoms with Gasteiger partial charge in [0.15, 0.2) is 0 Å². The molecule has 1 aromatic carbocycles. The van der Waals surface area contributed by atoms with E-state index in [1.54, 1.807) is 7.05 Å². The van der Waals surface area contributed by atoms with Crippen LogP contribution < -0.4 is 11.1 Å². The molecule has 0 spiro atoms. The van der Waals surface area contributed by atoms with Crippen LogP contribution in [0.15, 0.2) is 18.2 Å². The summed E-state index contributed by atoms with van der Waals surface area (Å²) in [4.78, 5) is 13.1. The number of nitrogen functional groups attached to an aromatic ring is 1. The van der Waals surface area contributed by atoms with Crippen molar-refractivity contribution >= 4 is 29.0 Å². The fourth-order valence-electron chi connectivity index (χ4n) is 5.28. The molecule has 7 nitrogen and oxygen atoms in total. The Labute approximate surface area is 192 Å². The van der Waals surface area contributed by atoms with Crippen molar-refractivity contribution in [1.29, 1.82) is 0 Å². The summed E-state index contributed by atoms with van der Waals surface area (Å²) in [6, 6.07) is 4.01. The largest absolute Gasteiger partial charge is 0.387 e. The predicted molar refractivity (Wildman–Crippen MR) is 121 cm³/mol. The van der Waals surface area contributed by atoms with Gasteiger partial charge in [0.1, 0.15) is 17.2 Å². The Morgan fingerprint density at radius 2 is 2.06 bits per heavy atom. The molecular weight excluding hydrogens is 435 g/mol. The molecule has 2 fully saturated rings. The summed E-state index contributed by atoms with van der Waals surface area (Å²) in [5, 5.41) is 18.2. The van der Waals surface area contributed by atoms with E-state index in [2.05, 4.69) is 10.4 Å². The van der Waals surface area contributed by atoms with Gasteiger partial charge >= 0.3 is 0 Å². The second-order valence-electron chi connectivity index (χ2n) is 9.53. The third-order valence-corrected chi connectivity index (χ3v) is 7.01. The SMILES string of the molecule is CC(C)OCC1(O)CC2CC(c3nn(C)c(N)c3C(=O)Nc3ccc(F)c(Cl)c3)CC2C1. The van der Waals surface area contributed by atoms with Crippen LogP contribution in [0.1, 0.15) is 61.5 Å². The quantitative estimate of drug-likeness (QED) is 0.597. The zero-order valence-electron chi connectivity index (χ0n) is 18.6. The normalized spacial score (nSPS) is 27.2. The van der Waals surface area contributed by atoms with Gasteiger partial charge in [0.05, 0.1) is 29.0 Å². The van der Waals surface area contributed by atoms with Crippen LogP contribution >= 0.6 is 11.6 Å². The summed E-state index contributed by atoms with van der Waals surface area (Å²) in [6.45, 7) is 4.28. The predicted octanol–water partition coefficient (Wildman–Crippen LogP) is 4.11. The molecule has 1 heterocycles. The van der Waals surface area contributed by atoms with Crippen LogP contribution in [-0.2, 0) is 11.8 Å². The third-order valence-electron chi connectivity index (χ3n) is 6.72. The minimum absolute atomic E-state index is 0.0697. The molecule has 2 saturated carbocycles. The van der Waals surface area contributed by atoms with E-state index in [4.69, 9.17) is 22.1 Å². The minimum Gasteiger partial charge on any atom is -0.387 e. The molecule has 4 rings (SSSR count). The number of amides is 1. The van der Waals surface area contributed by atoms with Crippen LogP contribution in [0, 0.1) is 17.7 Å². The van der Waals surface area contributed by atoms with E-state index in [1.165, 1.54) is 22.9 Å². The van der Waals surface area contributed by atoms with Crippen LogP contribution in [0.25, 0.3) is 0 Å². The average Bonchev–Trinajstić information content (AvgIpc) is 3.33. The van der Waals surface area contributed by atoms with E-state index in [9.17, 15) is 14.3 Å². The van der Waals surface area contributed by atoms with Crippen molar-refractivity contribution in [1.82, 2.24) is 9.78 Å².